The summed E-state index contributed by atoms with van der Waals surface area (Å²) >= 11 is 0. The summed E-state index contributed by atoms with van der Waals surface area (Å²) in [5.74, 6) is 0. The van der Waals surface area contributed by atoms with Gasteiger partial charge < -0.3 is 9.47 Å². The maximum atomic E-state index is 2.44. The summed E-state index contributed by atoms with van der Waals surface area (Å²) in [6.45, 7) is 0. The normalized spacial score (nSPS) is 11.3. The minimum atomic E-state index is 1.10. The van der Waals surface area contributed by atoms with E-state index in [2.05, 4.69) is 204 Å². The second kappa shape index (κ2) is 11.8. The Kier molecular flexibility index (Phi) is 6.84. The lowest BCUT2D eigenvalue weighted by Gasteiger charge is -2.29. The van der Waals surface area contributed by atoms with Crippen LogP contribution in [0.1, 0.15) is 0 Å². The van der Waals surface area contributed by atoms with E-state index in [1.807, 2.05) is 0 Å². The molecule has 0 atom stereocenters. The van der Waals surface area contributed by atoms with Crippen molar-refractivity contribution in [2.75, 3.05) is 4.90 Å². The van der Waals surface area contributed by atoms with Crippen molar-refractivity contribution < 1.29 is 0 Å². The van der Waals surface area contributed by atoms with E-state index in [1.165, 1.54) is 54.8 Å². The van der Waals surface area contributed by atoms with E-state index in [0.29, 0.717) is 0 Å². The molecule has 0 bridgehead atoms. The van der Waals surface area contributed by atoms with E-state index >= 15 is 0 Å². The second-order valence-electron chi connectivity index (χ2n) is 12.2. The smallest absolute Gasteiger partial charge is 0.0562 e. The lowest BCUT2D eigenvalue weighted by atomic mass is 9.97. The summed E-state index contributed by atoms with van der Waals surface area (Å²) in [5, 5.41) is 4.95. The zero-order valence-corrected chi connectivity index (χ0v) is 26.4. The molecule has 0 saturated heterocycles. The quantitative estimate of drug-likeness (QED) is 0.181. The van der Waals surface area contributed by atoms with Crippen molar-refractivity contribution in [1.29, 1.82) is 0 Å². The highest BCUT2D eigenvalue weighted by Crippen LogP contribution is 2.46. The standard InChI is InChI=1S/C46H32N2/c1-3-15-34(16-4-1)40-22-9-11-25-42(40)48(37-31-29-35(30-32-37)39-24-13-18-33-17-7-8-21-38(33)39)45-28-14-27-44-46(45)41-23-10-12-26-43(41)47(44)36-19-5-2-6-20-36/h1-32H. The molecule has 0 N–H and O–H groups in total. The van der Waals surface area contributed by atoms with Crippen molar-refractivity contribution >= 4 is 49.6 Å². The molecular formula is C46H32N2. The van der Waals surface area contributed by atoms with Gasteiger partial charge in [0.15, 0.2) is 0 Å². The molecule has 0 aliphatic rings. The average molecular weight is 613 g/mol. The molecule has 2 nitrogen and oxygen atoms in total. The molecule has 48 heavy (non-hydrogen) atoms. The number of aromatic nitrogens is 1. The number of fused-ring (bicyclic) bond motifs is 4. The molecule has 1 heterocycles. The van der Waals surface area contributed by atoms with Gasteiger partial charge in [-0.15, -0.1) is 0 Å². The average Bonchev–Trinajstić information content (AvgIpc) is 3.51. The van der Waals surface area contributed by atoms with Gasteiger partial charge in [0.25, 0.3) is 0 Å². The number of nitrogens with zero attached hydrogens (tertiary/aromatic N) is 2. The Labute approximate surface area is 280 Å². The summed E-state index contributed by atoms with van der Waals surface area (Å²) in [5.41, 5.74) is 11.7. The zero-order valence-electron chi connectivity index (χ0n) is 26.4. The molecule has 0 saturated carbocycles. The van der Waals surface area contributed by atoms with Crippen molar-refractivity contribution in [2.45, 2.75) is 0 Å². The molecule has 226 valence electrons. The molecule has 9 rings (SSSR count). The third-order valence-corrected chi connectivity index (χ3v) is 9.39. The van der Waals surface area contributed by atoms with Gasteiger partial charge in [-0.2, -0.15) is 0 Å². The SMILES string of the molecule is c1ccc(-c2ccccc2N(c2ccc(-c3cccc4ccccc34)cc2)c2cccc3c2c2ccccc2n3-c2ccccc2)cc1. The Balaban J connectivity index is 1.31. The Bertz CT molecular complexity index is 2540. The minimum absolute atomic E-state index is 1.10. The van der Waals surface area contributed by atoms with E-state index in [-0.39, 0.29) is 0 Å². The molecule has 2 heteroatoms. The van der Waals surface area contributed by atoms with E-state index in [1.54, 1.807) is 0 Å². The van der Waals surface area contributed by atoms with Crippen LogP contribution in [0.3, 0.4) is 0 Å². The van der Waals surface area contributed by atoms with E-state index in [0.717, 1.165) is 22.7 Å². The molecule has 8 aromatic carbocycles. The molecule has 0 amide bonds. The molecule has 9 aromatic rings. The molecular weight excluding hydrogens is 581 g/mol. The molecule has 0 spiro atoms. The van der Waals surface area contributed by atoms with E-state index in [9.17, 15) is 0 Å². The first-order valence-corrected chi connectivity index (χ1v) is 16.5. The lowest BCUT2D eigenvalue weighted by molar-refractivity contribution is 1.18. The van der Waals surface area contributed by atoms with Crippen LogP contribution >= 0.6 is 0 Å². The molecule has 1 aromatic heterocycles. The molecule has 0 aliphatic carbocycles. The monoisotopic (exact) mass is 612 g/mol. The summed E-state index contributed by atoms with van der Waals surface area (Å²) in [7, 11) is 0. The number of rotatable bonds is 6. The topological polar surface area (TPSA) is 8.17 Å². The molecule has 0 radical (unpaired) electrons. The molecule has 0 fully saturated rings. The Hall–Kier alpha value is -6.38. The van der Waals surface area contributed by atoms with Crippen molar-refractivity contribution in [1.82, 2.24) is 4.57 Å². The first-order chi connectivity index (χ1) is 23.8. The van der Waals surface area contributed by atoms with Gasteiger partial charge in [0.2, 0.25) is 0 Å². The van der Waals surface area contributed by atoms with Gasteiger partial charge in [0.05, 0.1) is 22.4 Å². The summed E-state index contributed by atoms with van der Waals surface area (Å²) in [6.07, 6.45) is 0. The van der Waals surface area contributed by atoms with Crippen LogP contribution in [0.25, 0.3) is 60.5 Å². The van der Waals surface area contributed by atoms with Gasteiger partial charge >= 0.3 is 0 Å². The number of anilines is 3. The van der Waals surface area contributed by atoms with Crippen LogP contribution in [-0.4, -0.2) is 4.57 Å². The van der Waals surface area contributed by atoms with Gasteiger partial charge in [-0.25, -0.2) is 0 Å². The van der Waals surface area contributed by atoms with Gasteiger partial charge in [-0.3, -0.25) is 0 Å². The van der Waals surface area contributed by atoms with Crippen molar-refractivity contribution in [3.05, 3.63) is 194 Å². The molecule has 0 aliphatic heterocycles. The highest BCUT2D eigenvalue weighted by atomic mass is 15.1. The maximum Gasteiger partial charge on any atom is 0.0562 e. The summed E-state index contributed by atoms with van der Waals surface area (Å²) < 4.78 is 2.39. The predicted octanol–water partition coefficient (Wildman–Crippen LogP) is 12.7. The second-order valence-corrected chi connectivity index (χ2v) is 12.2. The highest BCUT2D eigenvalue weighted by Gasteiger charge is 2.23. The van der Waals surface area contributed by atoms with Crippen LogP contribution < -0.4 is 4.90 Å². The van der Waals surface area contributed by atoms with Gasteiger partial charge in [-0.1, -0.05) is 146 Å². The van der Waals surface area contributed by atoms with Crippen LogP contribution in [-0.2, 0) is 0 Å². The van der Waals surface area contributed by atoms with Crippen molar-refractivity contribution in [3.63, 3.8) is 0 Å². The number of hydrogen-bond donors (Lipinski definition) is 0. The fourth-order valence-corrected chi connectivity index (χ4v) is 7.25. The Morgan fingerprint density at radius 1 is 0.354 bits per heavy atom. The maximum absolute atomic E-state index is 2.44. The fourth-order valence-electron chi connectivity index (χ4n) is 7.25. The van der Waals surface area contributed by atoms with Gasteiger partial charge in [0, 0.05) is 27.7 Å². The first-order valence-electron chi connectivity index (χ1n) is 16.5. The van der Waals surface area contributed by atoms with Crippen molar-refractivity contribution in [3.8, 4) is 27.9 Å². The highest BCUT2D eigenvalue weighted by molar-refractivity contribution is 6.17. The number of para-hydroxylation sites is 3. The van der Waals surface area contributed by atoms with E-state index < -0.39 is 0 Å². The van der Waals surface area contributed by atoms with Crippen LogP contribution in [0.15, 0.2) is 194 Å². The fraction of sp³-hybridized carbons (Fsp3) is 0. The Morgan fingerprint density at radius 2 is 0.917 bits per heavy atom. The van der Waals surface area contributed by atoms with Crippen LogP contribution in [0.2, 0.25) is 0 Å². The molecule has 0 unspecified atom stereocenters. The van der Waals surface area contributed by atoms with E-state index in [4.69, 9.17) is 0 Å². The van der Waals surface area contributed by atoms with Crippen LogP contribution in [0.5, 0.6) is 0 Å². The lowest BCUT2D eigenvalue weighted by Crippen LogP contribution is -2.11. The van der Waals surface area contributed by atoms with Crippen molar-refractivity contribution in [2.24, 2.45) is 0 Å². The third-order valence-electron chi connectivity index (χ3n) is 9.39. The summed E-state index contributed by atoms with van der Waals surface area (Å²) in [6, 6.07) is 69.9. The first kappa shape index (κ1) is 27.9. The largest absolute Gasteiger partial charge is 0.309 e. The predicted molar refractivity (Wildman–Crippen MR) is 204 cm³/mol. The van der Waals surface area contributed by atoms with Crippen LogP contribution in [0, 0.1) is 0 Å². The zero-order chi connectivity index (χ0) is 31.9. The minimum Gasteiger partial charge on any atom is -0.309 e. The Morgan fingerprint density at radius 3 is 1.75 bits per heavy atom. The number of benzene rings is 8. The van der Waals surface area contributed by atoms with Gasteiger partial charge in [0.1, 0.15) is 0 Å². The van der Waals surface area contributed by atoms with Crippen LogP contribution in [0.4, 0.5) is 17.1 Å². The third kappa shape index (κ3) is 4.66. The summed E-state index contributed by atoms with van der Waals surface area (Å²) in [4.78, 5) is 2.44. The number of hydrogen-bond acceptors (Lipinski definition) is 1. The van der Waals surface area contributed by atoms with Gasteiger partial charge in [-0.05, 0) is 76.0 Å².